The fourth-order valence-electron chi connectivity index (χ4n) is 9.75. The van der Waals surface area contributed by atoms with Crippen LogP contribution in [0.25, 0.3) is 54.2 Å². The first kappa shape index (κ1) is 32.2. The molecule has 1 unspecified atom stereocenters. The van der Waals surface area contributed by atoms with E-state index < -0.39 is 0 Å². The number of rotatable bonds is 6. The maximum atomic E-state index is 2.56. The molecule has 0 spiro atoms. The van der Waals surface area contributed by atoms with Crippen molar-refractivity contribution in [1.29, 1.82) is 0 Å². The lowest BCUT2D eigenvalue weighted by Crippen LogP contribution is -2.35. The van der Waals surface area contributed by atoms with Crippen molar-refractivity contribution in [1.82, 2.24) is 0 Å². The van der Waals surface area contributed by atoms with Gasteiger partial charge in [0.15, 0.2) is 0 Å². The van der Waals surface area contributed by atoms with Crippen LogP contribution in [0.2, 0.25) is 0 Å². The summed E-state index contributed by atoms with van der Waals surface area (Å²) in [6, 6.07) is 61.5. The molecule has 0 aliphatic heterocycles. The number of anilines is 2. The van der Waals surface area contributed by atoms with Crippen molar-refractivity contribution < 1.29 is 0 Å². The van der Waals surface area contributed by atoms with Gasteiger partial charge in [-0.1, -0.05) is 163 Å². The minimum Gasteiger partial charge on any atom is -0.314 e. The first-order valence-corrected chi connectivity index (χ1v) is 20.4. The molecule has 8 aromatic rings. The lowest BCUT2D eigenvalue weighted by molar-refractivity contribution is 0.693. The van der Waals surface area contributed by atoms with E-state index in [1.54, 1.807) is 0 Å². The smallest absolute Gasteiger partial charge is 0.0677 e. The minimum atomic E-state index is -0.380. The third kappa shape index (κ3) is 4.98. The van der Waals surface area contributed by atoms with Gasteiger partial charge in [-0.15, -0.1) is 11.3 Å². The molecule has 55 heavy (non-hydrogen) atoms. The zero-order chi connectivity index (χ0) is 36.3. The Bertz CT molecular complexity index is 2980. The molecule has 11 rings (SSSR count). The topological polar surface area (TPSA) is 3.24 Å². The number of hydrogen-bond acceptors (Lipinski definition) is 2. The van der Waals surface area contributed by atoms with Crippen LogP contribution in [-0.4, -0.2) is 0 Å². The molecule has 0 fully saturated rings. The van der Waals surface area contributed by atoms with Gasteiger partial charge in [-0.3, -0.25) is 0 Å². The Balaban J connectivity index is 1.13. The molecule has 7 aromatic carbocycles. The summed E-state index contributed by atoms with van der Waals surface area (Å²) in [4.78, 5) is 2.56. The largest absolute Gasteiger partial charge is 0.314 e. The van der Waals surface area contributed by atoms with E-state index in [1.165, 1.54) is 92.2 Å². The quantitative estimate of drug-likeness (QED) is 0.165. The number of allylic oxidation sites excluding steroid dienone is 4. The van der Waals surface area contributed by atoms with Crippen LogP contribution < -0.4 is 15.3 Å². The fourth-order valence-corrected chi connectivity index (χ4v) is 11.0. The van der Waals surface area contributed by atoms with Gasteiger partial charge in [0.2, 0.25) is 0 Å². The molecule has 0 saturated carbocycles. The summed E-state index contributed by atoms with van der Waals surface area (Å²) in [6.07, 6.45) is 13.4. The van der Waals surface area contributed by atoms with Gasteiger partial charge in [-0.25, -0.2) is 0 Å². The molecule has 3 aliphatic carbocycles. The Kier molecular flexibility index (Phi) is 7.60. The van der Waals surface area contributed by atoms with Gasteiger partial charge in [0.25, 0.3) is 0 Å². The zero-order valence-electron chi connectivity index (χ0n) is 30.6. The number of benzene rings is 7. The maximum absolute atomic E-state index is 2.56. The van der Waals surface area contributed by atoms with Gasteiger partial charge in [0, 0.05) is 42.5 Å². The second kappa shape index (κ2) is 13.0. The van der Waals surface area contributed by atoms with Crippen LogP contribution in [0.4, 0.5) is 11.4 Å². The molecule has 0 saturated heterocycles. The summed E-state index contributed by atoms with van der Waals surface area (Å²) in [7, 11) is 0. The van der Waals surface area contributed by atoms with Crippen LogP contribution in [0, 0.1) is 0 Å². The predicted octanol–water partition coefficient (Wildman–Crippen LogP) is 12.8. The number of nitrogens with zero attached hydrogens (tertiary/aromatic N) is 1. The van der Waals surface area contributed by atoms with Crippen molar-refractivity contribution in [3.8, 4) is 22.3 Å². The van der Waals surface area contributed by atoms with Crippen LogP contribution in [0.3, 0.4) is 0 Å². The molecule has 0 N–H and O–H groups in total. The van der Waals surface area contributed by atoms with E-state index in [4.69, 9.17) is 0 Å². The van der Waals surface area contributed by atoms with E-state index in [2.05, 4.69) is 193 Å². The van der Waals surface area contributed by atoms with Gasteiger partial charge < -0.3 is 4.90 Å². The third-order valence-electron chi connectivity index (χ3n) is 12.1. The predicted molar refractivity (Wildman–Crippen MR) is 234 cm³/mol. The third-order valence-corrected chi connectivity index (χ3v) is 13.3. The summed E-state index contributed by atoms with van der Waals surface area (Å²) in [5, 5.41) is 5.29. The monoisotopic (exact) mass is 721 g/mol. The van der Waals surface area contributed by atoms with Crippen LogP contribution in [0.5, 0.6) is 0 Å². The van der Waals surface area contributed by atoms with Crippen LogP contribution in [-0.2, 0) is 5.41 Å². The SMILES string of the molecule is C1=CCCC(C2(c3ccccc3)c3ccccc3-c3ccc(N(C4=c5ccccc5=CCC4)c4ccc(-c5cccc6c5sc5ccccc56)cc4)cc32)=C1. The lowest BCUT2D eigenvalue weighted by Gasteiger charge is -2.37. The number of thiophene rings is 1. The second-order valence-electron chi connectivity index (χ2n) is 15.0. The molecule has 1 heterocycles. The number of fused-ring (bicyclic) bond motifs is 7. The molecular formula is C53H39NS. The van der Waals surface area contributed by atoms with E-state index >= 15 is 0 Å². The van der Waals surface area contributed by atoms with E-state index in [0.29, 0.717) is 0 Å². The highest BCUT2D eigenvalue weighted by atomic mass is 32.1. The average Bonchev–Trinajstić information content (AvgIpc) is 3.79. The second-order valence-corrected chi connectivity index (χ2v) is 16.0. The summed E-state index contributed by atoms with van der Waals surface area (Å²) < 4.78 is 2.68. The van der Waals surface area contributed by atoms with E-state index in [-0.39, 0.29) is 5.41 Å². The molecule has 1 aromatic heterocycles. The van der Waals surface area contributed by atoms with E-state index in [1.807, 2.05) is 11.3 Å². The van der Waals surface area contributed by atoms with Crippen LogP contribution in [0.15, 0.2) is 188 Å². The molecule has 0 radical (unpaired) electrons. The minimum absolute atomic E-state index is 0.380. The molecule has 262 valence electrons. The highest BCUT2D eigenvalue weighted by molar-refractivity contribution is 7.26. The molecule has 1 atom stereocenters. The number of hydrogen-bond donors (Lipinski definition) is 0. The van der Waals surface area contributed by atoms with Crippen LogP contribution >= 0.6 is 11.3 Å². The Labute approximate surface area is 326 Å². The Morgan fingerprint density at radius 2 is 1.29 bits per heavy atom. The maximum Gasteiger partial charge on any atom is 0.0677 e. The van der Waals surface area contributed by atoms with Crippen molar-refractivity contribution in [2.24, 2.45) is 0 Å². The summed E-state index contributed by atoms with van der Waals surface area (Å²) in [5.74, 6) is 0. The first-order valence-electron chi connectivity index (χ1n) is 19.5. The fraction of sp³-hybridized carbons (Fsp3) is 0.0943. The normalized spacial score (nSPS) is 17.0. The van der Waals surface area contributed by atoms with Gasteiger partial charge in [-0.05, 0) is 100 Å². The standard InChI is InChI=1S/C53H39NS/c1-3-17-38(18-4-1)53(39-19-5-2-6-20-39)48-26-11-9-22-44(48)45-34-33-41(35-49(45)53)54(50-27-13-16-36-15-7-8-21-42(36)50)40-31-29-37(30-32-40)43-24-14-25-47-46-23-10-12-28-51(46)55-52(43)47/h1-5,7-12,14-19,21-26,28-35H,6,13,20,27H2. The van der Waals surface area contributed by atoms with Crippen molar-refractivity contribution in [3.05, 3.63) is 215 Å². The summed E-state index contributed by atoms with van der Waals surface area (Å²) in [6.45, 7) is 0. The van der Waals surface area contributed by atoms with Gasteiger partial charge >= 0.3 is 0 Å². The Hall–Kier alpha value is -6.22. The summed E-state index contributed by atoms with van der Waals surface area (Å²) >= 11 is 1.89. The molecular weight excluding hydrogens is 683 g/mol. The van der Waals surface area contributed by atoms with Crippen LogP contribution in [0.1, 0.15) is 42.4 Å². The van der Waals surface area contributed by atoms with Gasteiger partial charge in [-0.2, -0.15) is 0 Å². The Morgan fingerprint density at radius 1 is 0.545 bits per heavy atom. The Morgan fingerprint density at radius 3 is 2.18 bits per heavy atom. The highest BCUT2D eigenvalue weighted by Crippen LogP contribution is 2.58. The van der Waals surface area contributed by atoms with E-state index in [0.717, 1.165) is 25.7 Å². The van der Waals surface area contributed by atoms with Crippen molar-refractivity contribution >= 4 is 54.7 Å². The summed E-state index contributed by atoms with van der Waals surface area (Å²) in [5.41, 5.74) is 14.1. The zero-order valence-corrected chi connectivity index (χ0v) is 31.4. The molecule has 0 amide bonds. The van der Waals surface area contributed by atoms with Crippen molar-refractivity contribution in [2.75, 3.05) is 4.90 Å². The highest BCUT2D eigenvalue weighted by Gasteiger charge is 2.47. The molecule has 3 aliphatic rings. The van der Waals surface area contributed by atoms with Crippen molar-refractivity contribution in [3.63, 3.8) is 0 Å². The molecule has 0 bridgehead atoms. The van der Waals surface area contributed by atoms with E-state index in [9.17, 15) is 0 Å². The molecule has 1 nitrogen and oxygen atoms in total. The lowest BCUT2D eigenvalue weighted by atomic mass is 9.65. The van der Waals surface area contributed by atoms with Crippen molar-refractivity contribution in [2.45, 2.75) is 31.1 Å². The molecule has 2 heteroatoms. The average molecular weight is 722 g/mol. The first-order chi connectivity index (χ1) is 27.3. The van der Waals surface area contributed by atoms with Gasteiger partial charge in [0.05, 0.1) is 5.41 Å². The van der Waals surface area contributed by atoms with Gasteiger partial charge in [0.1, 0.15) is 0 Å².